The van der Waals surface area contributed by atoms with E-state index in [0.29, 0.717) is 16.0 Å². The van der Waals surface area contributed by atoms with Gasteiger partial charge in [0.1, 0.15) is 0 Å². The van der Waals surface area contributed by atoms with Gasteiger partial charge in [-0.3, -0.25) is 4.98 Å². The molecule has 2 heterocycles. The van der Waals surface area contributed by atoms with E-state index in [1.54, 1.807) is 12.3 Å². The lowest BCUT2D eigenvalue weighted by Crippen LogP contribution is -2.47. The van der Waals surface area contributed by atoms with E-state index in [1.807, 2.05) is 7.05 Å². The first-order chi connectivity index (χ1) is 9.63. The lowest BCUT2D eigenvalue weighted by atomic mass is 9.70. The van der Waals surface area contributed by atoms with Crippen molar-refractivity contribution in [1.29, 1.82) is 0 Å². The van der Waals surface area contributed by atoms with Crippen molar-refractivity contribution < 1.29 is 4.74 Å². The van der Waals surface area contributed by atoms with Gasteiger partial charge >= 0.3 is 0 Å². The summed E-state index contributed by atoms with van der Waals surface area (Å²) in [5.74, 6) is 0.514. The molecule has 0 amide bonds. The Hall–Kier alpha value is -0.350. The quantitative estimate of drug-likeness (QED) is 0.915. The van der Waals surface area contributed by atoms with Gasteiger partial charge in [-0.1, -0.05) is 23.2 Å². The van der Waals surface area contributed by atoms with Crippen LogP contribution in [-0.2, 0) is 4.74 Å². The fraction of sp³-hybridized carbons (Fsp3) is 0.667. The molecule has 1 spiro atoms. The Bertz CT molecular complexity index is 491. The summed E-state index contributed by atoms with van der Waals surface area (Å²) in [5, 5.41) is 4.61. The molecular weight excluding hydrogens is 295 g/mol. The maximum atomic E-state index is 6.32. The second-order valence-electron chi connectivity index (χ2n) is 5.92. The number of aromatic nitrogens is 1. The maximum Gasteiger partial charge on any atom is 0.0762 e. The second-order valence-corrected chi connectivity index (χ2v) is 6.77. The van der Waals surface area contributed by atoms with Crippen LogP contribution in [0.2, 0.25) is 10.0 Å². The fourth-order valence-corrected chi connectivity index (χ4v) is 4.02. The van der Waals surface area contributed by atoms with E-state index < -0.39 is 0 Å². The SMILES string of the molecule is CNC(c1ncc(Cl)cc1Cl)C1CCOC2(CCC2)C1. The van der Waals surface area contributed by atoms with Gasteiger partial charge in [-0.25, -0.2) is 0 Å². The van der Waals surface area contributed by atoms with Crippen LogP contribution in [0.4, 0.5) is 0 Å². The van der Waals surface area contributed by atoms with E-state index in [9.17, 15) is 0 Å². The van der Waals surface area contributed by atoms with Crippen LogP contribution in [0.15, 0.2) is 12.3 Å². The Morgan fingerprint density at radius 1 is 1.45 bits per heavy atom. The maximum absolute atomic E-state index is 6.32. The summed E-state index contributed by atoms with van der Waals surface area (Å²) in [6.45, 7) is 0.841. The highest BCUT2D eigenvalue weighted by Crippen LogP contribution is 2.47. The van der Waals surface area contributed by atoms with Gasteiger partial charge < -0.3 is 10.1 Å². The number of halogens is 2. The summed E-state index contributed by atoms with van der Waals surface area (Å²) in [7, 11) is 1.97. The highest BCUT2D eigenvalue weighted by Gasteiger charge is 2.44. The standard InChI is InChI=1S/C15H20Cl2N2O/c1-18-13(14-12(17)7-11(16)9-19-14)10-3-6-20-15(8-10)4-2-5-15/h7,9-10,13,18H,2-6,8H2,1H3. The number of ether oxygens (including phenoxy) is 1. The minimum Gasteiger partial charge on any atom is -0.375 e. The Morgan fingerprint density at radius 3 is 2.85 bits per heavy atom. The fourth-order valence-electron chi connectivity index (χ4n) is 3.52. The second kappa shape index (κ2) is 5.80. The van der Waals surface area contributed by atoms with Crippen molar-refractivity contribution in [3.05, 3.63) is 28.0 Å². The van der Waals surface area contributed by atoms with Crippen LogP contribution in [0.25, 0.3) is 0 Å². The molecule has 110 valence electrons. The van der Waals surface area contributed by atoms with Crippen molar-refractivity contribution in [2.75, 3.05) is 13.7 Å². The highest BCUT2D eigenvalue weighted by atomic mass is 35.5. The molecule has 0 aromatic carbocycles. The summed E-state index contributed by atoms with van der Waals surface area (Å²) in [6.07, 6.45) is 7.50. The van der Waals surface area contributed by atoms with E-state index in [0.717, 1.165) is 25.1 Å². The molecule has 2 unspecified atom stereocenters. The molecule has 0 bridgehead atoms. The Balaban J connectivity index is 1.81. The van der Waals surface area contributed by atoms with Crippen LogP contribution >= 0.6 is 23.2 Å². The topological polar surface area (TPSA) is 34.2 Å². The monoisotopic (exact) mass is 314 g/mol. The van der Waals surface area contributed by atoms with E-state index in [4.69, 9.17) is 27.9 Å². The van der Waals surface area contributed by atoms with Gasteiger partial charge in [0.25, 0.3) is 0 Å². The number of nitrogens with one attached hydrogen (secondary N) is 1. The van der Waals surface area contributed by atoms with Crippen LogP contribution in [0.3, 0.4) is 0 Å². The summed E-state index contributed by atoms with van der Waals surface area (Å²) < 4.78 is 6.01. The molecule has 20 heavy (non-hydrogen) atoms. The van der Waals surface area contributed by atoms with Crippen LogP contribution in [0.1, 0.15) is 43.8 Å². The summed E-state index contributed by atoms with van der Waals surface area (Å²) in [5.41, 5.74) is 1.04. The number of hydrogen-bond donors (Lipinski definition) is 1. The summed E-state index contributed by atoms with van der Waals surface area (Å²) in [6, 6.07) is 1.94. The molecule has 0 radical (unpaired) electrons. The summed E-state index contributed by atoms with van der Waals surface area (Å²) in [4.78, 5) is 4.45. The Kier molecular flexibility index (Phi) is 4.23. The molecule has 3 rings (SSSR count). The molecule has 1 aromatic rings. The van der Waals surface area contributed by atoms with Gasteiger partial charge in [0.15, 0.2) is 0 Å². The molecule has 3 nitrogen and oxygen atoms in total. The third-order valence-electron chi connectivity index (χ3n) is 4.71. The molecule has 1 saturated heterocycles. The minimum atomic E-state index is 0.136. The highest BCUT2D eigenvalue weighted by molar-refractivity contribution is 6.34. The van der Waals surface area contributed by atoms with Gasteiger partial charge in [0.05, 0.1) is 27.4 Å². The molecule has 1 aromatic heterocycles. The molecule has 1 aliphatic carbocycles. The first kappa shape index (κ1) is 14.6. The zero-order valence-corrected chi connectivity index (χ0v) is 13.2. The Labute approximate surface area is 130 Å². The third-order valence-corrected chi connectivity index (χ3v) is 5.22. The van der Waals surface area contributed by atoms with E-state index in [-0.39, 0.29) is 11.6 Å². The predicted molar refractivity (Wildman–Crippen MR) is 81.3 cm³/mol. The molecule has 5 heteroatoms. The van der Waals surface area contributed by atoms with Gasteiger partial charge in [-0.05, 0) is 51.1 Å². The van der Waals surface area contributed by atoms with Crippen molar-refractivity contribution in [1.82, 2.24) is 10.3 Å². The van der Waals surface area contributed by atoms with E-state index in [1.165, 1.54) is 19.3 Å². The van der Waals surface area contributed by atoms with Crippen molar-refractivity contribution in [3.63, 3.8) is 0 Å². The molecule has 2 atom stereocenters. The first-order valence-corrected chi connectivity index (χ1v) is 8.01. The normalized spacial score (nSPS) is 26.2. The number of pyridine rings is 1. The molecule has 2 aliphatic rings. The van der Waals surface area contributed by atoms with E-state index >= 15 is 0 Å². The predicted octanol–water partition coefficient (Wildman–Crippen LogP) is 4.00. The first-order valence-electron chi connectivity index (χ1n) is 7.26. The number of nitrogens with zero attached hydrogens (tertiary/aromatic N) is 1. The summed E-state index contributed by atoms with van der Waals surface area (Å²) >= 11 is 12.3. The molecular formula is C15H20Cl2N2O. The lowest BCUT2D eigenvalue weighted by molar-refractivity contribution is -0.147. The van der Waals surface area contributed by atoms with Crippen molar-refractivity contribution in [2.45, 2.75) is 43.7 Å². The van der Waals surface area contributed by atoms with Gasteiger partial charge in [-0.15, -0.1) is 0 Å². The molecule has 1 saturated carbocycles. The number of hydrogen-bond acceptors (Lipinski definition) is 3. The van der Waals surface area contributed by atoms with Crippen LogP contribution < -0.4 is 5.32 Å². The lowest BCUT2D eigenvalue weighted by Gasteiger charge is -2.48. The van der Waals surface area contributed by atoms with Gasteiger partial charge in [-0.2, -0.15) is 0 Å². The molecule has 1 aliphatic heterocycles. The van der Waals surface area contributed by atoms with Crippen LogP contribution in [0.5, 0.6) is 0 Å². The zero-order chi connectivity index (χ0) is 14.2. The smallest absolute Gasteiger partial charge is 0.0762 e. The van der Waals surface area contributed by atoms with E-state index in [2.05, 4.69) is 10.3 Å². The van der Waals surface area contributed by atoms with Crippen molar-refractivity contribution in [2.24, 2.45) is 5.92 Å². The average molecular weight is 315 g/mol. The Morgan fingerprint density at radius 2 is 2.25 bits per heavy atom. The van der Waals surface area contributed by atoms with Gasteiger partial charge in [0.2, 0.25) is 0 Å². The largest absolute Gasteiger partial charge is 0.375 e. The van der Waals surface area contributed by atoms with Crippen LogP contribution in [-0.4, -0.2) is 24.2 Å². The number of rotatable bonds is 3. The van der Waals surface area contributed by atoms with Crippen molar-refractivity contribution in [3.8, 4) is 0 Å². The van der Waals surface area contributed by atoms with Crippen LogP contribution in [0, 0.1) is 5.92 Å². The van der Waals surface area contributed by atoms with Crippen molar-refractivity contribution >= 4 is 23.2 Å². The minimum absolute atomic E-state index is 0.136. The molecule has 2 fully saturated rings. The third kappa shape index (κ3) is 2.69. The molecule has 1 N–H and O–H groups in total. The average Bonchev–Trinajstić information content (AvgIpc) is 2.40. The zero-order valence-electron chi connectivity index (χ0n) is 11.7. The van der Waals surface area contributed by atoms with Gasteiger partial charge in [0, 0.05) is 12.8 Å².